The van der Waals surface area contributed by atoms with Gasteiger partial charge < -0.3 is 14.2 Å². The summed E-state index contributed by atoms with van der Waals surface area (Å²) in [6, 6.07) is 0. The second-order valence-corrected chi connectivity index (χ2v) is 23.4. The molecule has 0 bridgehead atoms. The van der Waals surface area contributed by atoms with Crippen LogP contribution in [0.3, 0.4) is 0 Å². The Morgan fingerprint density at radius 2 is 0.456 bits per heavy atom. The van der Waals surface area contributed by atoms with Gasteiger partial charge in [0, 0.05) is 19.3 Å². The molecule has 0 aliphatic carbocycles. The molecule has 0 saturated heterocycles. The molecule has 6 nitrogen and oxygen atoms in total. The fourth-order valence-corrected chi connectivity index (χ4v) is 10.2. The molecule has 0 aromatic rings. The Hall–Kier alpha value is -2.89. The van der Waals surface area contributed by atoms with Crippen LogP contribution >= 0.6 is 0 Å². The molecule has 79 heavy (non-hydrogen) atoms. The molecule has 1 unspecified atom stereocenters. The number of esters is 3. The Bertz CT molecular complexity index is 1410. The van der Waals surface area contributed by atoms with Gasteiger partial charge in [-0.1, -0.05) is 300 Å². The van der Waals surface area contributed by atoms with Crippen molar-refractivity contribution in [1.82, 2.24) is 0 Å². The van der Waals surface area contributed by atoms with Gasteiger partial charge in [0.15, 0.2) is 6.10 Å². The largest absolute Gasteiger partial charge is 0.462 e. The lowest BCUT2D eigenvalue weighted by Crippen LogP contribution is -2.30. The molecule has 0 N–H and O–H groups in total. The maximum Gasteiger partial charge on any atom is 0.306 e. The number of rotatable bonds is 64. The Balaban J connectivity index is 4.19. The number of unbranched alkanes of at least 4 members (excludes halogenated alkanes) is 43. The predicted octanol–water partition coefficient (Wildman–Crippen LogP) is 23.9. The van der Waals surface area contributed by atoms with Crippen LogP contribution in [0.5, 0.6) is 0 Å². The van der Waals surface area contributed by atoms with Gasteiger partial charge in [-0.25, -0.2) is 0 Å². The fraction of sp³-hybridized carbons (Fsp3) is 0.822. The van der Waals surface area contributed by atoms with Crippen LogP contribution in [0.2, 0.25) is 0 Å². The molecular weight excluding hydrogens is 973 g/mol. The number of carbonyl (C=O) groups is 3. The molecule has 0 aromatic heterocycles. The molecule has 0 saturated carbocycles. The van der Waals surface area contributed by atoms with Crippen LogP contribution in [0.4, 0.5) is 0 Å². The first-order chi connectivity index (χ1) is 39.0. The zero-order valence-corrected chi connectivity index (χ0v) is 52.9. The van der Waals surface area contributed by atoms with Crippen molar-refractivity contribution in [2.45, 2.75) is 374 Å². The summed E-state index contributed by atoms with van der Waals surface area (Å²) in [5.74, 6) is -0.874. The first-order valence-electron chi connectivity index (χ1n) is 34.8. The molecule has 460 valence electrons. The van der Waals surface area contributed by atoms with Crippen LogP contribution in [0.15, 0.2) is 60.8 Å². The van der Waals surface area contributed by atoms with Crippen LogP contribution < -0.4 is 0 Å². The highest BCUT2D eigenvalue weighted by atomic mass is 16.6. The van der Waals surface area contributed by atoms with Crippen LogP contribution in [0.25, 0.3) is 0 Å². The van der Waals surface area contributed by atoms with Gasteiger partial charge in [0.05, 0.1) is 0 Å². The third-order valence-electron chi connectivity index (χ3n) is 15.5. The highest BCUT2D eigenvalue weighted by Crippen LogP contribution is 2.17. The van der Waals surface area contributed by atoms with Crippen LogP contribution in [-0.2, 0) is 28.6 Å². The summed E-state index contributed by atoms with van der Waals surface area (Å²) in [4.78, 5) is 38.3. The standard InChI is InChI=1S/C73H132O6/c1-4-7-10-13-16-19-22-25-28-29-30-31-32-33-34-35-36-37-38-39-40-41-42-43-46-48-51-54-57-60-63-66-72(75)78-69-70(79-73(76)67-64-61-58-55-52-49-45-27-24-21-18-15-12-9-6-3)68-77-71(74)65-62-59-56-53-50-47-44-26-23-20-17-14-11-8-5-2/h22,25-27,29-30,32-33,44-45,70H,4-21,23-24,28,31,34-43,46-69H2,1-3H3/b25-22-,30-29-,33-32-,44-26-,45-27-. The normalized spacial score (nSPS) is 12.4. The van der Waals surface area contributed by atoms with E-state index in [-0.39, 0.29) is 31.1 Å². The zero-order chi connectivity index (χ0) is 57.1. The molecular formula is C73H132O6. The molecule has 0 radical (unpaired) electrons. The van der Waals surface area contributed by atoms with Gasteiger partial charge in [0.1, 0.15) is 13.2 Å². The van der Waals surface area contributed by atoms with E-state index in [0.29, 0.717) is 19.3 Å². The highest BCUT2D eigenvalue weighted by Gasteiger charge is 2.19. The number of hydrogen-bond donors (Lipinski definition) is 0. The minimum Gasteiger partial charge on any atom is -0.462 e. The second kappa shape index (κ2) is 67.6. The lowest BCUT2D eigenvalue weighted by atomic mass is 10.0. The zero-order valence-electron chi connectivity index (χ0n) is 52.9. The summed E-state index contributed by atoms with van der Waals surface area (Å²) in [6.45, 7) is 6.65. The Kier molecular flexibility index (Phi) is 65.1. The van der Waals surface area contributed by atoms with Crippen molar-refractivity contribution in [3.63, 3.8) is 0 Å². The van der Waals surface area contributed by atoms with Crippen LogP contribution in [-0.4, -0.2) is 37.2 Å². The van der Waals surface area contributed by atoms with Crippen LogP contribution in [0.1, 0.15) is 367 Å². The second-order valence-electron chi connectivity index (χ2n) is 23.4. The van der Waals surface area contributed by atoms with E-state index in [1.807, 2.05) is 0 Å². The first-order valence-corrected chi connectivity index (χ1v) is 34.8. The summed E-state index contributed by atoms with van der Waals surface area (Å²) in [5, 5.41) is 0. The average molecular weight is 1110 g/mol. The summed E-state index contributed by atoms with van der Waals surface area (Å²) in [7, 11) is 0. The quantitative estimate of drug-likeness (QED) is 0.0261. The number of ether oxygens (including phenoxy) is 3. The molecule has 0 aromatic carbocycles. The molecule has 0 spiro atoms. The minimum atomic E-state index is -0.781. The van der Waals surface area contributed by atoms with Gasteiger partial charge in [-0.3, -0.25) is 14.4 Å². The van der Waals surface area contributed by atoms with Crippen molar-refractivity contribution < 1.29 is 28.6 Å². The van der Waals surface area contributed by atoms with E-state index in [4.69, 9.17) is 14.2 Å². The molecule has 0 fully saturated rings. The smallest absolute Gasteiger partial charge is 0.306 e. The maximum absolute atomic E-state index is 12.9. The van der Waals surface area contributed by atoms with E-state index >= 15 is 0 Å². The van der Waals surface area contributed by atoms with Crippen molar-refractivity contribution in [3.8, 4) is 0 Å². The lowest BCUT2D eigenvalue weighted by molar-refractivity contribution is -0.167. The molecule has 0 aliphatic rings. The van der Waals surface area contributed by atoms with Gasteiger partial charge in [0.25, 0.3) is 0 Å². The highest BCUT2D eigenvalue weighted by molar-refractivity contribution is 5.71. The Morgan fingerprint density at radius 3 is 0.722 bits per heavy atom. The molecule has 1 atom stereocenters. The number of allylic oxidation sites excluding steroid dienone is 10. The molecule has 0 rings (SSSR count). The van der Waals surface area contributed by atoms with E-state index in [9.17, 15) is 14.4 Å². The summed E-state index contributed by atoms with van der Waals surface area (Å²) in [5.41, 5.74) is 0. The molecule has 0 aliphatic heterocycles. The van der Waals surface area contributed by atoms with Gasteiger partial charge in [0.2, 0.25) is 0 Å². The average Bonchev–Trinajstić information content (AvgIpc) is 3.45. The first kappa shape index (κ1) is 76.1. The summed E-state index contributed by atoms with van der Waals surface area (Å²) in [6.07, 6.45) is 86.8. The maximum atomic E-state index is 12.9. The van der Waals surface area contributed by atoms with Crippen LogP contribution in [0, 0.1) is 0 Å². The van der Waals surface area contributed by atoms with Gasteiger partial charge in [-0.05, 0) is 109 Å². The van der Waals surface area contributed by atoms with Crippen molar-refractivity contribution in [2.75, 3.05) is 13.2 Å². The molecule has 0 amide bonds. The van der Waals surface area contributed by atoms with Crippen molar-refractivity contribution in [1.29, 1.82) is 0 Å². The van der Waals surface area contributed by atoms with Gasteiger partial charge in [-0.2, -0.15) is 0 Å². The summed E-state index contributed by atoms with van der Waals surface area (Å²) < 4.78 is 16.9. The lowest BCUT2D eigenvalue weighted by Gasteiger charge is -2.18. The van der Waals surface area contributed by atoms with E-state index in [0.717, 1.165) is 83.5 Å². The van der Waals surface area contributed by atoms with Gasteiger partial charge >= 0.3 is 17.9 Å². The SMILES string of the molecule is CCCCCCC/C=C\C/C=C\C/C=C\CCCCCCCCCCCCCCCCCCC(=O)OCC(COC(=O)CCCCCCC/C=C\CCCCCCCC)OC(=O)CCCCCCC/C=C\CCCCCCCC. The minimum absolute atomic E-state index is 0.0769. The fourth-order valence-electron chi connectivity index (χ4n) is 10.2. The number of carbonyl (C=O) groups excluding carboxylic acids is 3. The predicted molar refractivity (Wildman–Crippen MR) is 344 cm³/mol. The van der Waals surface area contributed by atoms with Crippen molar-refractivity contribution in [2.24, 2.45) is 0 Å². The van der Waals surface area contributed by atoms with E-state index < -0.39 is 6.10 Å². The number of hydrogen-bond acceptors (Lipinski definition) is 6. The van der Waals surface area contributed by atoms with E-state index in [2.05, 4.69) is 81.5 Å². The molecule has 0 heterocycles. The van der Waals surface area contributed by atoms with E-state index in [1.165, 1.54) is 244 Å². The Labute approximate surface area is 491 Å². The monoisotopic (exact) mass is 1110 g/mol. The Morgan fingerprint density at radius 1 is 0.253 bits per heavy atom. The molecule has 6 heteroatoms. The van der Waals surface area contributed by atoms with Crippen molar-refractivity contribution >= 4 is 17.9 Å². The topological polar surface area (TPSA) is 78.9 Å². The third kappa shape index (κ3) is 65.8. The summed E-state index contributed by atoms with van der Waals surface area (Å²) >= 11 is 0. The van der Waals surface area contributed by atoms with Crippen molar-refractivity contribution in [3.05, 3.63) is 60.8 Å². The third-order valence-corrected chi connectivity index (χ3v) is 15.5. The van der Waals surface area contributed by atoms with E-state index in [1.54, 1.807) is 0 Å². The van der Waals surface area contributed by atoms with Gasteiger partial charge in [-0.15, -0.1) is 0 Å².